The van der Waals surface area contributed by atoms with E-state index in [1.54, 1.807) is 6.07 Å². The van der Waals surface area contributed by atoms with Gasteiger partial charge in [0.25, 0.3) is 0 Å². The minimum atomic E-state index is -3.68. The Kier molecular flexibility index (Phi) is 6.09. The largest absolute Gasteiger partial charge is 0.478 e. The van der Waals surface area contributed by atoms with Crippen molar-refractivity contribution in [2.24, 2.45) is 0 Å². The third-order valence-corrected chi connectivity index (χ3v) is 5.83. The van der Waals surface area contributed by atoms with Crippen LogP contribution in [0, 0.1) is 5.82 Å². The lowest BCUT2D eigenvalue weighted by atomic mass is 10.0. The normalized spacial score (nSPS) is 11.7. The number of pyridine rings is 1. The number of rotatable bonds is 8. The van der Waals surface area contributed by atoms with E-state index in [0.29, 0.717) is 29.5 Å². The Morgan fingerprint density at radius 1 is 1.27 bits per heavy atom. The van der Waals surface area contributed by atoms with E-state index in [9.17, 15) is 27.8 Å². The summed E-state index contributed by atoms with van der Waals surface area (Å²) < 4.78 is 40.2. The second kappa shape index (κ2) is 8.41. The Hall–Kier alpha value is -2.98. The Balaban J connectivity index is 2.34. The molecule has 0 atom stereocenters. The number of halogens is 1. The van der Waals surface area contributed by atoms with Gasteiger partial charge in [0.1, 0.15) is 17.1 Å². The lowest BCUT2D eigenvalue weighted by molar-refractivity contribution is 0.0699. The van der Waals surface area contributed by atoms with Gasteiger partial charge < -0.3 is 10.2 Å². The second-order valence-electron chi connectivity index (χ2n) is 6.86. The summed E-state index contributed by atoms with van der Waals surface area (Å²) in [7, 11) is -3.68. The van der Waals surface area contributed by atoms with Crippen LogP contribution in [0.1, 0.15) is 29.3 Å². The van der Waals surface area contributed by atoms with E-state index in [2.05, 4.69) is 5.10 Å². The monoisotopic (exact) mass is 435 g/mol. The number of sulfonamides is 1. The number of carboxylic acids is 1. The number of aromatic carboxylic acids is 1. The maximum Gasteiger partial charge on any atom is 0.340 e. The molecule has 0 bridgehead atoms. The molecule has 0 aliphatic heterocycles. The van der Waals surface area contributed by atoms with Gasteiger partial charge >= 0.3 is 5.97 Å². The molecule has 3 rings (SSSR count). The van der Waals surface area contributed by atoms with Gasteiger partial charge in [-0.2, -0.15) is 5.10 Å². The molecule has 0 unspecified atom stereocenters. The molecule has 3 aromatic rings. The molecule has 1 aromatic carbocycles. The molecule has 0 saturated heterocycles. The number of carbonyl (C=O) groups is 1. The third kappa shape index (κ3) is 4.14. The van der Waals surface area contributed by atoms with Crippen molar-refractivity contribution in [1.29, 1.82) is 0 Å². The highest BCUT2D eigenvalue weighted by molar-refractivity contribution is 7.92. The summed E-state index contributed by atoms with van der Waals surface area (Å²) in [5.41, 5.74) is 1.78. The maximum absolute atomic E-state index is 13.3. The number of fused-ring (bicyclic) bond motifs is 1. The van der Waals surface area contributed by atoms with Gasteiger partial charge in [-0.15, -0.1) is 0 Å². The van der Waals surface area contributed by atoms with E-state index in [0.717, 1.165) is 10.6 Å². The molecule has 10 heteroatoms. The first-order valence-electron chi connectivity index (χ1n) is 9.30. The molecule has 160 valence electrons. The van der Waals surface area contributed by atoms with Gasteiger partial charge in [-0.25, -0.2) is 22.1 Å². The molecule has 0 amide bonds. The van der Waals surface area contributed by atoms with Gasteiger partial charge in [0, 0.05) is 5.56 Å². The van der Waals surface area contributed by atoms with E-state index >= 15 is 0 Å². The van der Waals surface area contributed by atoms with Crippen LogP contribution in [0.15, 0.2) is 36.5 Å². The van der Waals surface area contributed by atoms with Crippen LogP contribution in [-0.4, -0.2) is 53.6 Å². The third-order valence-electron chi connectivity index (χ3n) is 4.63. The van der Waals surface area contributed by atoms with Crippen LogP contribution in [0.3, 0.4) is 0 Å². The number of aromatic nitrogens is 2. The molecule has 8 nitrogen and oxygen atoms in total. The first-order valence-corrected chi connectivity index (χ1v) is 11.1. The minimum Gasteiger partial charge on any atom is -0.478 e. The van der Waals surface area contributed by atoms with Crippen molar-refractivity contribution < 1.29 is 27.8 Å². The zero-order valence-electron chi connectivity index (χ0n) is 16.5. The summed E-state index contributed by atoms with van der Waals surface area (Å²) in [6.45, 7) is 1.39. The molecule has 0 radical (unpaired) electrons. The average molecular weight is 435 g/mol. The molecule has 0 spiro atoms. The van der Waals surface area contributed by atoms with Gasteiger partial charge in [-0.05, 0) is 42.3 Å². The first-order chi connectivity index (χ1) is 14.2. The fourth-order valence-corrected chi connectivity index (χ4v) is 4.33. The number of nitrogens with zero attached hydrogens (tertiary/aromatic N) is 3. The van der Waals surface area contributed by atoms with E-state index in [4.69, 9.17) is 0 Å². The van der Waals surface area contributed by atoms with Crippen molar-refractivity contribution in [3.8, 4) is 11.3 Å². The SMILES string of the molecule is CCCc1cc(N(CCO)S(C)(=O)=O)cn2nc(-c3ccc(F)cc3)c(C(=O)O)c12. The molecule has 2 aromatic heterocycles. The van der Waals surface area contributed by atoms with Crippen molar-refractivity contribution in [1.82, 2.24) is 9.61 Å². The molecule has 30 heavy (non-hydrogen) atoms. The summed E-state index contributed by atoms with van der Waals surface area (Å²) in [5, 5.41) is 23.6. The van der Waals surface area contributed by atoms with Crippen molar-refractivity contribution in [3.63, 3.8) is 0 Å². The highest BCUT2D eigenvalue weighted by Crippen LogP contribution is 2.32. The lowest BCUT2D eigenvalue weighted by Gasteiger charge is -2.22. The van der Waals surface area contributed by atoms with Gasteiger partial charge in [0.15, 0.2) is 0 Å². The van der Waals surface area contributed by atoms with Crippen LogP contribution in [0.2, 0.25) is 0 Å². The molecule has 0 aliphatic rings. The molecular formula is C20H22FN3O5S. The smallest absolute Gasteiger partial charge is 0.340 e. The minimum absolute atomic E-state index is 0.0373. The van der Waals surface area contributed by atoms with Crippen molar-refractivity contribution in [2.45, 2.75) is 19.8 Å². The fourth-order valence-electron chi connectivity index (χ4n) is 3.43. The number of benzene rings is 1. The van der Waals surface area contributed by atoms with Gasteiger partial charge in [0.2, 0.25) is 10.0 Å². The molecule has 0 fully saturated rings. The number of hydrogen-bond acceptors (Lipinski definition) is 5. The summed E-state index contributed by atoms with van der Waals surface area (Å²) in [6, 6.07) is 6.93. The quantitative estimate of drug-likeness (QED) is 0.562. The fraction of sp³-hybridized carbons (Fsp3) is 0.300. The summed E-state index contributed by atoms with van der Waals surface area (Å²) >= 11 is 0. The van der Waals surface area contributed by atoms with Crippen molar-refractivity contribution >= 4 is 27.2 Å². The van der Waals surface area contributed by atoms with Gasteiger partial charge in [-0.1, -0.05) is 13.3 Å². The van der Waals surface area contributed by atoms with Gasteiger partial charge in [-0.3, -0.25) is 4.31 Å². The Morgan fingerprint density at radius 3 is 2.47 bits per heavy atom. The molecule has 0 aliphatic carbocycles. The average Bonchev–Trinajstić information content (AvgIpc) is 3.06. The highest BCUT2D eigenvalue weighted by atomic mass is 32.2. The molecule has 0 saturated carbocycles. The standard InChI is InChI=1S/C20H22FN3O5S/c1-3-4-14-11-16(24(9-10-25)30(2,28)29)12-23-19(14)17(20(26)27)18(22-23)13-5-7-15(21)8-6-13/h5-8,11-12,25H,3-4,9-10H2,1-2H3,(H,26,27). The van der Waals surface area contributed by atoms with E-state index < -0.39 is 21.8 Å². The van der Waals surface area contributed by atoms with E-state index in [1.165, 1.54) is 35.0 Å². The Bertz CT molecular complexity index is 1190. The predicted octanol–water partition coefficient (Wildman–Crippen LogP) is 2.55. The second-order valence-corrected chi connectivity index (χ2v) is 8.77. The number of aliphatic hydroxyl groups is 1. The first kappa shape index (κ1) is 21.7. The van der Waals surface area contributed by atoms with E-state index in [1.807, 2.05) is 6.92 Å². The van der Waals surface area contributed by atoms with Crippen LogP contribution in [0.4, 0.5) is 10.1 Å². The number of hydrogen-bond donors (Lipinski definition) is 2. The maximum atomic E-state index is 13.3. The van der Waals surface area contributed by atoms with Crippen LogP contribution in [0.5, 0.6) is 0 Å². The molecule has 2 heterocycles. The number of anilines is 1. The zero-order valence-corrected chi connectivity index (χ0v) is 17.4. The van der Waals surface area contributed by atoms with Crippen molar-refractivity contribution in [2.75, 3.05) is 23.7 Å². The van der Waals surface area contributed by atoms with E-state index in [-0.39, 0.29) is 30.1 Å². The van der Waals surface area contributed by atoms with Crippen LogP contribution in [-0.2, 0) is 16.4 Å². The Morgan fingerprint density at radius 2 is 1.93 bits per heavy atom. The Labute approximate surface area is 173 Å². The van der Waals surface area contributed by atoms with Crippen LogP contribution in [0.25, 0.3) is 16.8 Å². The zero-order chi connectivity index (χ0) is 22.1. The lowest BCUT2D eigenvalue weighted by Crippen LogP contribution is -2.32. The topological polar surface area (TPSA) is 112 Å². The summed E-state index contributed by atoms with van der Waals surface area (Å²) in [5.74, 6) is -1.65. The summed E-state index contributed by atoms with van der Waals surface area (Å²) in [6.07, 6.45) is 3.63. The van der Waals surface area contributed by atoms with Gasteiger partial charge in [0.05, 0.1) is 36.8 Å². The number of carboxylic acid groups (broad SMARTS) is 1. The van der Waals surface area contributed by atoms with Crippen LogP contribution < -0.4 is 4.31 Å². The highest BCUT2D eigenvalue weighted by Gasteiger charge is 2.25. The van der Waals surface area contributed by atoms with Crippen LogP contribution >= 0.6 is 0 Å². The summed E-state index contributed by atoms with van der Waals surface area (Å²) in [4.78, 5) is 12.1. The van der Waals surface area contributed by atoms with Crippen molar-refractivity contribution in [3.05, 3.63) is 53.5 Å². The number of aryl methyl sites for hydroxylation is 1. The predicted molar refractivity (Wildman–Crippen MR) is 111 cm³/mol. The number of aliphatic hydroxyl groups excluding tert-OH is 1. The molecular weight excluding hydrogens is 413 g/mol. The molecule has 2 N–H and O–H groups in total.